The highest BCUT2D eigenvalue weighted by Gasteiger charge is 2.23. The molecule has 1 fully saturated rings. The van der Waals surface area contributed by atoms with Crippen LogP contribution in [0.2, 0.25) is 0 Å². The third kappa shape index (κ3) is 6.45. The minimum absolute atomic E-state index is 0. The van der Waals surface area contributed by atoms with Gasteiger partial charge in [-0.3, -0.25) is 9.99 Å². The molecule has 7 nitrogen and oxygen atoms in total. The summed E-state index contributed by atoms with van der Waals surface area (Å²) < 4.78 is 5.37. The molecule has 1 aliphatic rings. The van der Waals surface area contributed by atoms with E-state index in [0.717, 1.165) is 48.6 Å². The lowest BCUT2D eigenvalue weighted by Gasteiger charge is -2.34. The van der Waals surface area contributed by atoms with Gasteiger partial charge in [-0.15, -0.1) is 0 Å². The number of rotatable bonds is 5. The van der Waals surface area contributed by atoms with Gasteiger partial charge in [0.1, 0.15) is 5.60 Å². The van der Waals surface area contributed by atoms with Crippen LogP contribution in [0.4, 0.5) is 16.2 Å². The molecule has 1 amide bonds. The van der Waals surface area contributed by atoms with Gasteiger partial charge in [0.25, 0.3) is 0 Å². The topological polar surface area (TPSA) is 70.1 Å². The first kappa shape index (κ1) is 23.6. The standard InChI is InChI=1S/C25H35N5O2.H2/c1-18-23(8-7-15-26-18)19(2)28-29(6)21-9-11-22(12-10-21)30-16-13-20(14-17-30)27-24(31)32-25(3,4)5;/h7-12,15,20H,13-14,16-17H2,1-6H3,(H,27,31);1H/b28-19+;. The van der Waals surface area contributed by atoms with Crippen molar-refractivity contribution in [1.82, 2.24) is 10.3 Å². The van der Waals surface area contributed by atoms with Crippen LogP contribution in [-0.4, -0.2) is 48.6 Å². The number of benzene rings is 1. The molecule has 2 aromatic rings. The number of hydrogen-bond donors (Lipinski definition) is 1. The summed E-state index contributed by atoms with van der Waals surface area (Å²) in [6.45, 7) is 11.4. The first-order chi connectivity index (χ1) is 15.1. The van der Waals surface area contributed by atoms with E-state index in [1.807, 2.05) is 58.8 Å². The van der Waals surface area contributed by atoms with Crippen molar-refractivity contribution in [3.63, 3.8) is 0 Å². The van der Waals surface area contributed by atoms with Crippen LogP contribution >= 0.6 is 0 Å². The minimum Gasteiger partial charge on any atom is -0.444 e. The number of nitrogens with one attached hydrogen (secondary N) is 1. The van der Waals surface area contributed by atoms with Crippen molar-refractivity contribution in [3.05, 3.63) is 53.9 Å². The number of hydrogen-bond acceptors (Lipinski definition) is 6. The van der Waals surface area contributed by atoms with E-state index in [-0.39, 0.29) is 13.6 Å². The average Bonchev–Trinajstić information content (AvgIpc) is 2.73. The van der Waals surface area contributed by atoms with Crippen LogP contribution in [0.1, 0.15) is 53.2 Å². The van der Waals surface area contributed by atoms with Gasteiger partial charge in [-0.2, -0.15) is 5.10 Å². The molecule has 1 aromatic carbocycles. The molecule has 0 bridgehead atoms. The number of amides is 1. The average molecular weight is 440 g/mol. The Balaban J connectivity index is 0.00000385. The second kappa shape index (κ2) is 10.0. The molecule has 3 rings (SSSR count). The number of carbonyl (C=O) groups is 1. The molecule has 0 unspecified atom stereocenters. The highest BCUT2D eigenvalue weighted by Crippen LogP contribution is 2.24. The Hall–Kier alpha value is -3.09. The largest absolute Gasteiger partial charge is 0.444 e. The van der Waals surface area contributed by atoms with Crippen molar-refractivity contribution < 1.29 is 11.0 Å². The van der Waals surface area contributed by atoms with Crippen LogP contribution in [-0.2, 0) is 4.74 Å². The minimum atomic E-state index is -0.473. The Morgan fingerprint density at radius 3 is 2.47 bits per heavy atom. The van der Waals surface area contributed by atoms with Crippen LogP contribution in [0.5, 0.6) is 0 Å². The zero-order chi connectivity index (χ0) is 23.3. The van der Waals surface area contributed by atoms with Gasteiger partial charge in [-0.05, 0) is 83.9 Å². The number of piperidine rings is 1. The lowest BCUT2D eigenvalue weighted by molar-refractivity contribution is 0.0497. The summed E-state index contributed by atoms with van der Waals surface area (Å²) in [5, 5.41) is 9.61. The number of aryl methyl sites for hydroxylation is 1. The highest BCUT2D eigenvalue weighted by atomic mass is 16.6. The normalized spacial score (nSPS) is 15.4. The lowest BCUT2D eigenvalue weighted by atomic mass is 10.0. The summed E-state index contributed by atoms with van der Waals surface area (Å²) in [6, 6.07) is 12.6. The first-order valence-electron chi connectivity index (χ1n) is 11.2. The third-order valence-electron chi connectivity index (χ3n) is 5.50. The number of nitrogens with zero attached hydrogens (tertiary/aromatic N) is 4. The lowest BCUT2D eigenvalue weighted by Crippen LogP contribution is -2.46. The fraction of sp³-hybridized carbons (Fsp3) is 0.480. The molecular weight excluding hydrogens is 402 g/mol. The second-order valence-electron chi connectivity index (χ2n) is 9.27. The molecule has 0 aliphatic carbocycles. The number of carbonyl (C=O) groups excluding carboxylic acids is 1. The number of pyridine rings is 1. The number of anilines is 2. The van der Waals surface area contributed by atoms with Crippen LogP contribution < -0.4 is 15.2 Å². The van der Waals surface area contributed by atoms with E-state index in [1.54, 1.807) is 6.20 Å². The van der Waals surface area contributed by atoms with Crippen molar-refractivity contribution in [2.45, 2.75) is 59.1 Å². The van der Waals surface area contributed by atoms with Gasteiger partial charge in [0.05, 0.1) is 11.4 Å². The SMILES string of the molecule is C/C(=N\N(C)c1ccc(N2CCC(NC(=O)OC(C)(C)C)CC2)cc1)c1cccnc1C.[HH]. The van der Waals surface area contributed by atoms with Gasteiger partial charge in [-0.25, -0.2) is 4.79 Å². The van der Waals surface area contributed by atoms with Crippen LogP contribution in [0.3, 0.4) is 0 Å². The van der Waals surface area contributed by atoms with E-state index in [9.17, 15) is 4.79 Å². The van der Waals surface area contributed by atoms with Crippen LogP contribution in [0.25, 0.3) is 0 Å². The summed E-state index contributed by atoms with van der Waals surface area (Å²) in [6.07, 6.45) is 3.26. The van der Waals surface area contributed by atoms with E-state index in [1.165, 1.54) is 5.69 Å². The molecule has 2 heterocycles. The van der Waals surface area contributed by atoms with E-state index in [4.69, 9.17) is 9.84 Å². The van der Waals surface area contributed by atoms with Crippen molar-refractivity contribution >= 4 is 23.2 Å². The van der Waals surface area contributed by atoms with Gasteiger partial charge in [0, 0.05) is 50.7 Å². The molecule has 1 N–H and O–H groups in total. The molecule has 174 valence electrons. The molecule has 0 saturated carbocycles. The quantitative estimate of drug-likeness (QED) is 0.525. The molecule has 32 heavy (non-hydrogen) atoms. The zero-order valence-electron chi connectivity index (χ0n) is 20.1. The number of ether oxygens (including phenoxy) is 1. The van der Waals surface area contributed by atoms with E-state index >= 15 is 0 Å². The fourth-order valence-corrected chi connectivity index (χ4v) is 3.84. The number of alkyl carbamates (subject to hydrolysis) is 1. The molecule has 1 aromatic heterocycles. The Morgan fingerprint density at radius 1 is 1.22 bits per heavy atom. The summed E-state index contributed by atoms with van der Waals surface area (Å²) in [5.74, 6) is 0. The maximum atomic E-state index is 12.0. The van der Waals surface area contributed by atoms with E-state index in [2.05, 4.69) is 39.5 Å². The summed E-state index contributed by atoms with van der Waals surface area (Å²) in [7, 11) is 1.96. The first-order valence-corrected chi connectivity index (χ1v) is 11.2. The summed E-state index contributed by atoms with van der Waals surface area (Å²) >= 11 is 0. The molecule has 0 spiro atoms. The zero-order valence-corrected chi connectivity index (χ0v) is 20.1. The Morgan fingerprint density at radius 2 is 1.88 bits per heavy atom. The van der Waals surface area contributed by atoms with Crippen molar-refractivity contribution in [2.24, 2.45) is 5.10 Å². The van der Waals surface area contributed by atoms with E-state index < -0.39 is 5.60 Å². The molecule has 1 saturated heterocycles. The second-order valence-corrected chi connectivity index (χ2v) is 9.27. The van der Waals surface area contributed by atoms with Crippen LogP contribution in [0.15, 0.2) is 47.7 Å². The number of aromatic nitrogens is 1. The maximum Gasteiger partial charge on any atom is 0.407 e. The number of hydrazone groups is 1. The predicted octanol–water partition coefficient (Wildman–Crippen LogP) is 4.99. The molecule has 0 radical (unpaired) electrons. The smallest absolute Gasteiger partial charge is 0.407 e. The molecule has 7 heteroatoms. The van der Waals surface area contributed by atoms with Gasteiger partial charge in [0.2, 0.25) is 0 Å². The van der Waals surface area contributed by atoms with Crippen molar-refractivity contribution in [3.8, 4) is 0 Å². The van der Waals surface area contributed by atoms with Crippen molar-refractivity contribution in [2.75, 3.05) is 30.0 Å². The molecular formula is C25H37N5O2. The Labute approximate surface area is 193 Å². The monoisotopic (exact) mass is 439 g/mol. The van der Waals surface area contributed by atoms with Gasteiger partial charge in [0.15, 0.2) is 0 Å². The molecule has 1 aliphatic heterocycles. The Kier molecular flexibility index (Phi) is 7.38. The predicted molar refractivity (Wildman–Crippen MR) is 133 cm³/mol. The van der Waals surface area contributed by atoms with Crippen molar-refractivity contribution in [1.29, 1.82) is 0 Å². The van der Waals surface area contributed by atoms with Gasteiger partial charge < -0.3 is 15.0 Å². The summed E-state index contributed by atoms with van der Waals surface area (Å²) in [5.41, 5.74) is 4.69. The molecule has 0 atom stereocenters. The van der Waals surface area contributed by atoms with E-state index in [0.29, 0.717) is 0 Å². The maximum absolute atomic E-state index is 12.0. The Bertz CT molecular complexity index is 948. The van der Waals surface area contributed by atoms with Gasteiger partial charge in [-0.1, -0.05) is 0 Å². The fourth-order valence-electron chi connectivity index (χ4n) is 3.84. The third-order valence-corrected chi connectivity index (χ3v) is 5.50. The highest BCUT2D eigenvalue weighted by molar-refractivity contribution is 6.00. The van der Waals surface area contributed by atoms with Crippen LogP contribution in [0, 0.1) is 6.92 Å². The van der Waals surface area contributed by atoms with Gasteiger partial charge >= 0.3 is 6.09 Å². The summed E-state index contributed by atoms with van der Waals surface area (Å²) in [4.78, 5) is 18.7.